The van der Waals surface area contributed by atoms with Crippen molar-refractivity contribution in [3.8, 4) is 0 Å². The average molecular weight is 323 g/mol. The van der Waals surface area contributed by atoms with Crippen LogP contribution in [0, 0.1) is 13.8 Å². The van der Waals surface area contributed by atoms with E-state index in [0.29, 0.717) is 10.6 Å². The Labute approximate surface area is 129 Å². The number of carbonyl (C=O) groups is 1. The number of aryl methyl sites for hydroxylation is 2. The van der Waals surface area contributed by atoms with Crippen molar-refractivity contribution in [2.24, 2.45) is 0 Å². The molecule has 0 saturated heterocycles. The van der Waals surface area contributed by atoms with Crippen LogP contribution in [0.2, 0.25) is 5.02 Å². The summed E-state index contributed by atoms with van der Waals surface area (Å²) >= 11 is 5.81. The summed E-state index contributed by atoms with van der Waals surface area (Å²) in [7, 11) is -3.65. The molecule has 0 bridgehead atoms. The van der Waals surface area contributed by atoms with Crippen LogP contribution in [0.25, 0.3) is 0 Å². The Balaban J connectivity index is 2.29. The molecule has 0 heterocycles. The summed E-state index contributed by atoms with van der Waals surface area (Å²) in [5.41, 5.74) is 2.19. The molecule has 0 fully saturated rings. The minimum atomic E-state index is -3.65. The molecular formula is C16H15ClO3S. The molecule has 0 radical (unpaired) electrons. The number of hydrogen-bond donors (Lipinski definition) is 0. The van der Waals surface area contributed by atoms with Gasteiger partial charge in [-0.25, -0.2) is 8.42 Å². The van der Waals surface area contributed by atoms with Gasteiger partial charge in [-0.15, -0.1) is 0 Å². The Morgan fingerprint density at radius 3 is 2.38 bits per heavy atom. The SMILES string of the molecule is Cc1ccc(S(=O)(=O)CC(=O)c2cccc(Cl)c2)cc1C. The van der Waals surface area contributed by atoms with Gasteiger partial charge in [0.15, 0.2) is 15.6 Å². The van der Waals surface area contributed by atoms with Gasteiger partial charge >= 0.3 is 0 Å². The quantitative estimate of drug-likeness (QED) is 0.808. The molecule has 3 nitrogen and oxygen atoms in total. The van der Waals surface area contributed by atoms with Crippen LogP contribution >= 0.6 is 11.6 Å². The zero-order valence-corrected chi connectivity index (χ0v) is 13.3. The van der Waals surface area contributed by atoms with Crippen LogP contribution in [-0.2, 0) is 9.84 Å². The van der Waals surface area contributed by atoms with Crippen LogP contribution < -0.4 is 0 Å². The molecule has 0 aliphatic rings. The number of rotatable bonds is 4. The fraction of sp³-hybridized carbons (Fsp3) is 0.188. The Morgan fingerprint density at radius 2 is 1.76 bits per heavy atom. The lowest BCUT2D eigenvalue weighted by Gasteiger charge is -2.07. The predicted molar refractivity (Wildman–Crippen MR) is 83.8 cm³/mol. The lowest BCUT2D eigenvalue weighted by Crippen LogP contribution is -2.16. The fourth-order valence-corrected chi connectivity index (χ4v) is 3.41. The highest BCUT2D eigenvalue weighted by atomic mass is 35.5. The number of sulfone groups is 1. The van der Waals surface area contributed by atoms with Gasteiger partial charge in [-0.1, -0.05) is 29.8 Å². The monoisotopic (exact) mass is 322 g/mol. The predicted octanol–water partition coefficient (Wildman–Crippen LogP) is 3.61. The Morgan fingerprint density at radius 1 is 1.05 bits per heavy atom. The smallest absolute Gasteiger partial charge is 0.185 e. The van der Waals surface area contributed by atoms with Crippen molar-refractivity contribution in [3.05, 3.63) is 64.2 Å². The van der Waals surface area contributed by atoms with Crippen LogP contribution in [0.3, 0.4) is 0 Å². The molecule has 0 amide bonds. The van der Waals surface area contributed by atoms with E-state index in [9.17, 15) is 13.2 Å². The van der Waals surface area contributed by atoms with Crippen LogP contribution in [0.15, 0.2) is 47.4 Å². The Hall–Kier alpha value is -1.65. The van der Waals surface area contributed by atoms with E-state index in [-0.39, 0.29) is 4.90 Å². The summed E-state index contributed by atoms with van der Waals surface area (Å²) in [5, 5.41) is 0.407. The maximum Gasteiger partial charge on any atom is 0.185 e. The largest absolute Gasteiger partial charge is 0.293 e. The molecular weight excluding hydrogens is 308 g/mol. The van der Waals surface area contributed by atoms with E-state index < -0.39 is 21.4 Å². The third-order valence-electron chi connectivity index (χ3n) is 3.31. The van der Waals surface area contributed by atoms with Gasteiger partial charge < -0.3 is 0 Å². The summed E-state index contributed by atoms with van der Waals surface area (Å²) in [6, 6.07) is 11.2. The normalized spacial score (nSPS) is 11.4. The molecule has 0 aromatic heterocycles. The van der Waals surface area contributed by atoms with Crippen LogP contribution in [-0.4, -0.2) is 20.0 Å². The van der Waals surface area contributed by atoms with Gasteiger partial charge in [0.25, 0.3) is 0 Å². The van der Waals surface area contributed by atoms with Crippen molar-refractivity contribution >= 4 is 27.2 Å². The van der Waals surface area contributed by atoms with Crippen molar-refractivity contribution in [2.45, 2.75) is 18.7 Å². The first-order chi connectivity index (χ1) is 9.79. The topological polar surface area (TPSA) is 51.2 Å². The van der Waals surface area contributed by atoms with Gasteiger partial charge in [-0.05, 0) is 49.2 Å². The van der Waals surface area contributed by atoms with Crippen LogP contribution in [0.4, 0.5) is 0 Å². The molecule has 110 valence electrons. The number of carbonyl (C=O) groups excluding carboxylic acids is 1. The summed E-state index contributed by atoms with van der Waals surface area (Å²) in [6.45, 7) is 3.75. The van der Waals surface area contributed by atoms with Crippen LogP contribution in [0.1, 0.15) is 21.5 Å². The lowest BCUT2D eigenvalue weighted by atomic mass is 10.1. The van der Waals surface area contributed by atoms with Gasteiger partial charge in [0, 0.05) is 10.6 Å². The van der Waals surface area contributed by atoms with Crippen molar-refractivity contribution in [2.75, 3.05) is 5.75 Å². The number of hydrogen-bond acceptors (Lipinski definition) is 3. The molecule has 2 aromatic rings. The highest BCUT2D eigenvalue weighted by Gasteiger charge is 2.21. The van der Waals surface area contributed by atoms with E-state index in [0.717, 1.165) is 11.1 Å². The first-order valence-corrected chi connectivity index (χ1v) is 8.41. The second-order valence-corrected chi connectivity index (χ2v) is 7.36. The number of ketones is 1. The van der Waals surface area contributed by atoms with Crippen molar-refractivity contribution < 1.29 is 13.2 Å². The molecule has 0 aliphatic carbocycles. The zero-order chi connectivity index (χ0) is 15.6. The summed E-state index contributed by atoms with van der Waals surface area (Å²) in [4.78, 5) is 12.3. The van der Waals surface area contributed by atoms with Gasteiger partial charge in [0.05, 0.1) is 4.90 Å². The second-order valence-electron chi connectivity index (χ2n) is 4.94. The van der Waals surface area contributed by atoms with E-state index >= 15 is 0 Å². The van der Waals surface area contributed by atoms with E-state index in [1.54, 1.807) is 30.3 Å². The highest BCUT2D eigenvalue weighted by Crippen LogP contribution is 2.18. The molecule has 0 aliphatic heterocycles. The summed E-state index contributed by atoms with van der Waals surface area (Å²) in [6.07, 6.45) is 0. The molecule has 0 N–H and O–H groups in total. The van der Waals surface area contributed by atoms with Crippen molar-refractivity contribution in [1.82, 2.24) is 0 Å². The maximum atomic E-state index is 12.3. The third-order valence-corrected chi connectivity index (χ3v) is 5.15. The molecule has 0 spiro atoms. The highest BCUT2D eigenvalue weighted by molar-refractivity contribution is 7.92. The molecule has 0 saturated carbocycles. The minimum Gasteiger partial charge on any atom is -0.293 e. The van der Waals surface area contributed by atoms with Gasteiger partial charge in [-0.2, -0.15) is 0 Å². The second kappa shape index (κ2) is 6.00. The molecule has 21 heavy (non-hydrogen) atoms. The fourth-order valence-electron chi connectivity index (χ4n) is 1.91. The minimum absolute atomic E-state index is 0.168. The summed E-state index contributed by atoms with van der Waals surface area (Å²) < 4.78 is 24.6. The van der Waals surface area contributed by atoms with Gasteiger partial charge in [0.1, 0.15) is 5.75 Å². The molecule has 0 unspecified atom stereocenters. The van der Waals surface area contributed by atoms with E-state index in [4.69, 9.17) is 11.6 Å². The Kier molecular flexibility index (Phi) is 4.49. The maximum absolute atomic E-state index is 12.3. The number of Topliss-reactive ketones (excluding diaryl/α,β-unsaturated/α-hetero) is 1. The van der Waals surface area contributed by atoms with Gasteiger partial charge in [0.2, 0.25) is 0 Å². The first kappa shape index (κ1) is 15.7. The van der Waals surface area contributed by atoms with E-state index in [1.165, 1.54) is 12.1 Å². The number of halogens is 1. The zero-order valence-electron chi connectivity index (χ0n) is 11.8. The number of benzene rings is 2. The molecule has 2 rings (SSSR count). The Bertz CT molecular complexity index is 795. The van der Waals surface area contributed by atoms with Gasteiger partial charge in [-0.3, -0.25) is 4.79 Å². The van der Waals surface area contributed by atoms with Crippen LogP contribution in [0.5, 0.6) is 0 Å². The third kappa shape index (κ3) is 3.71. The van der Waals surface area contributed by atoms with E-state index in [2.05, 4.69) is 0 Å². The van der Waals surface area contributed by atoms with Crippen molar-refractivity contribution in [3.63, 3.8) is 0 Å². The standard InChI is InChI=1S/C16H15ClO3S/c1-11-6-7-15(8-12(11)2)21(19,20)10-16(18)13-4-3-5-14(17)9-13/h3-9H,10H2,1-2H3. The first-order valence-electron chi connectivity index (χ1n) is 6.38. The lowest BCUT2D eigenvalue weighted by molar-refractivity contribution is 0.102. The molecule has 2 aromatic carbocycles. The summed E-state index contributed by atoms with van der Waals surface area (Å²) in [5.74, 6) is -1.02. The molecule has 0 atom stereocenters. The van der Waals surface area contributed by atoms with E-state index in [1.807, 2.05) is 13.8 Å². The average Bonchev–Trinajstić information content (AvgIpc) is 2.41. The van der Waals surface area contributed by atoms with Crippen molar-refractivity contribution in [1.29, 1.82) is 0 Å². The molecule has 5 heteroatoms.